The van der Waals surface area contributed by atoms with E-state index in [0.29, 0.717) is 31.7 Å². The Hall–Kier alpha value is -2.09. The van der Waals surface area contributed by atoms with Gasteiger partial charge in [-0.1, -0.05) is 6.92 Å². The molecule has 1 aliphatic rings. The number of benzene rings is 1. The first-order valence-corrected chi connectivity index (χ1v) is 10.0. The molecule has 0 unspecified atom stereocenters. The summed E-state index contributed by atoms with van der Waals surface area (Å²) in [6, 6.07) is 6.12. The van der Waals surface area contributed by atoms with E-state index in [1.165, 1.54) is 12.1 Å². The van der Waals surface area contributed by atoms with E-state index < -0.39 is 21.7 Å². The maximum absolute atomic E-state index is 12.1. The molecule has 0 radical (unpaired) electrons. The predicted molar refractivity (Wildman–Crippen MR) is 91.2 cm³/mol. The Balaban J connectivity index is 1.74. The molecule has 1 saturated heterocycles. The normalized spacial score (nSPS) is 20.5. The van der Waals surface area contributed by atoms with Gasteiger partial charge in [-0.2, -0.15) is 0 Å². The Morgan fingerprint density at radius 2 is 1.88 bits per heavy atom. The van der Waals surface area contributed by atoms with Crippen molar-refractivity contribution in [1.82, 2.24) is 4.90 Å². The summed E-state index contributed by atoms with van der Waals surface area (Å²) in [5, 5.41) is 9.10. The zero-order valence-electron chi connectivity index (χ0n) is 14.3. The van der Waals surface area contributed by atoms with Gasteiger partial charge in [0.15, 0.2) is 9.84 Å². The highest BCUT2D eigenvalue weighted by molar-refractivity contribution is 7.90. The van der Waals surface area contributed by atoms with Crippen molar-refractivity contribution >= 4 is 21.7 Å². The molecule has 25 heavy (non-hydrogen) atoms. The molecule has 0 saturated carbocycles. The average molecular weight is 369 g/mol. The Morgan fingerprint density at radius 1 is 1.24 bits per heavy atom. The molecule has 1 amide bonds. The van der Waals surface area contributed by atoms with Gasteiger partial charge in [-0.3, -0.25) is 9.59 Å². The van der Waals surface area contributed by atoms with E-state index in [1.807, 2.05) is 6.92 Å². The van der Waals surface area contributed by atoms with Crippen LogP contribution >= 0.6 is 0 Å². The first-order chi connectivity index (χ1) is 11.7. The van der Waals surface area contributed by atoms with Gasteiger partial charge in [0, 0.05) is 25.8 Å². The van der Waals surface area contributed by atoms with Crippen molar-refractivity contribution in [3.63, 3.8) is 0 Å². The van der Waals surface area contributed by atoms with Crippen molar-refractivity contribution < 1.29 is 27.9 Å². The van der Waals surface area contributed by atoms with Gasteiger partial charge >= 0.3 is 5.97 Å². The minimum absolute atomic E-state index is 0.0361. The highest BCUT2D eigenvalue weighted by atomic mass is 32.2. The third kappa shape index (κ3) is 5.19. The van der Waals surface area contributed by atoms with Gasteiger partial charge in [-0.25, -0.2) is 8.42 Å². The molecule has 1 aromatic rings. The molecule has 1 aliphatic heterocycles. The molecule has 2 rings (SSSR count). The third-order valence-electron chi connectivity index (χ3n) is 4.34. The quantitative estimate of drug-likeness (QED) is 0.730. The Labute approximate surface area is 147 Å². The molecule has 138 valence electrons. The minimum Gasteiger partial charge on any atom is -0.494 e. The summed E-state index contributed by atoms with van der Waals surface area (Å²) in [5.74, 6) is -0.907. The predicted octanol–water partition coefficient (Wildman–Crippen LogP) is 1.43. The number of rotatable bonds is 7. The fraction of sp³-hybridized carbons (Fsp3) is 0.529. The number of ether oxygens (including phenoxy) is 1. The van der Waals surface area contributed by atoms with Crippen LogP contribution in [-0.4, -0.2) is 56.3 Å². The number of hydrogen-bond acceptors (Lipinski definition) is 5. The number of carboxylic acid groups (broad SMARTS) is 1. The second kappa shape index (κ2) is 7.86. The number of carboxylic acids is 1. The number of carbonyl (C=O) groups excluding carboxylic acids is 1. The molecule has 0 aromatic heterocycles. The van der Waals surface area contributed by atoms with Crippen LogP contribution < -0.4 is 4.74 Å². The van der Waals surface area contributed by atoms with Crippen LogP contribution in [-0.2, 0) is 19.4 Å². The van der Waals surface area contributed by atoms with Crippen molar-refractivity contribution in [3.8, 4) is 5.75 Å². The highest BCUT2D eigenvalue weighted by Gasteiger charge is 2.36. The van der Waals surface area contributed by atoms with Gasteiger partial charge in [0.1, 0.15) is 5.75 Å². The van der Waals surface area contributed by atoms with Gasteiger partial charge in [-0.05, 0) is 36.6 Å². The Kier molecular flexibility index (Phi) is 6.05. The van der Waals surface area contributed by atoms with Crippen LogP contribution in [0.3, 0.4) is 0 Å². The van der Waals surface area contributed by atoms with Gasteiger partial charge in [0.25, 0.3) is 0 Å². The fourth-order valence-corrected chi connectivity index (χ4v) is 3.48. The van der Waals surface area contributed by atoms with Crippen molar-refractivity contribution in [2.75, 3.05) is 26.0 Å². The molecular weight excluding hydrogens is 346 g/mol. The van der Waals surface area contributed by atoms with Crippen LogP contribution in [0, 0.1) is 11.8 Å². The number of hydrogen-bond donors (Lipinski definition) is 1. The molecule has 1 N–H and O–H groups in total. The molecule has 8 heteroatoms. The smallest absolute Gasteiger partial charge is 0.308 e. The van der Waals surface area contributed by atoms with Crippen LogP contribution in [0.2, 0.25) is 0 Å². The van der Waals surface area contributed by atoms with Gasteiger partial charge < -0.3 is 14.7 Å². The van der Waals surface area contributed by atoms with Crippen LogP contribution in [0.4, 0.5) is 0 Å². The largest absolute Gasteiger partial charge is 0.494 e. The molecule has 0 aliphatic carbocycles. The van der Waals surface area contributed by atoms with E-state index in [0.717, 1.165) is 6.26 Å². The average Bonchev–Trinajstić information content (AvgIpc) is 2.93. The molecule has 0 bridgehead atoms. The summed E-state index contributed by atoms with van der Waals surface area (Å²) in [4.78, 5) is 25.1. The van der Waals surface area contributed by atoms with Crippen molar-refractivity contribution in [1.29, 1.82) is 0 Å². The topological polar surface area (TPSA) is 101 Å². The van der Waals surface area contributed by atoms with Gasteiger partial charge in [0.05, 0.1) is 17.4 Å². The van der Waals surface area contributed by atoms with E-state index >= 15 is 0 Å². The van der Waals surface area contributed by atoms with E-state index in [4.69, 9.17) is 9.84 Å². The Morgan fingerprint density at radius 3 is 2.40 bits per heavy atom. The zero-order valence-corrected chi connectivity index (χ0v) is 15.2. The van der Waals surface area contributed by atoms with Crippen molar-refractivity contribution in [3.05, 3.63) is 24.3 Å². The Bertz CT molecular complexity index is 728. The fourth-order valence-electron chi connectivity index (χ4n) is 2.85. The van der Waals surface area contributed by atoms with E-state index in [1.54, 1.807) is 17.0 Å². The number of amides is 1. The zero-order chi connectivity index (χ0) is 18.6. The summed E-state index contributed by atoms with van der Waals surface area (Å²) in [6.45, 7) is 2.91. The molecule has 7 nitrogen and oxygen atoms in total. The lowest BCUT2D eigenvalue weighted by Gasteiger charge is -2.16. The summed E-state index contributed by atoms with van der Waals surface area (Å²) >= 11 is 0. The maximum Gasteiger partial charge on any atom is 0.308 e. The lowest BCUT2D eigenvalue weighted by molar-refractivity contribution is -0.142. The van der Waals surface area contributed by atoms with Crippen LogP contribution in [0.1, 0.15) is 19.8 Å². The second-order valence-corrected chi connectivity index (χ2v) is 8.43. The van der Waals surface area contributed by atoms with Crippen molar-refractivity contribution in [2.24, 2.45) is 11.8 Å². The number of sulfone groups is 1. The lowest BCUT2D eigenvalue weighted by atomic mass is 9.99. The molecule has 1 heterocycles. The highest BCUT2D eigenvalue weighted by Crippen LogP contribution is 2.24. The number of aliphatic carboxylic acids is 1. The summed E-state index contributed by atoms with van der Waals surface area (Å²) < 4.78 is 28.3. The maximum atomic E-state index is 12.1. The number of carbonyl (C=O) groups is 2. The van der Waals surface area contributed by atoms with Crippen LogP contribution in [0.15, 0.2) is 29.2 Å². The van der Waals surface area contributed by atoms with Gasteiger partial charge in [0.2, 0.25) is 5.91 Å². The minimum atomic E-state index is -3.23. The van der Waals surface area contributed by atoms with Crippen molar-refractivity contribution in [2.45, 2.75) is 24.7 Å². The van der Waals surface area contributed by atoms with Crippen LogP contribution in [0.5, 0.6) is 5.75 Å². The molecule has 2 atom stereocenters. The monoisotopic (exact) mass is 369 g/mol. The SMILES string of the molecule is C[C@@H]1CN(C(=O)CCCOc2ccc(S(C)(=O)=O)cc2)C[C@H]1C(=O)O. The first-order valence-electron chi connectivity index (χ1n) is 8.12. The second-order valence-electron chi connectivity index (χ2n) is 6.42. The van der Waals surface area contributed by atoms with Crippen LogP contribution in [0.25, 0.3) is 0 Å². The van der Waals surface area contributed by atoms with E-state index in [9.17, 15) is 18.0 Å². The van der Waals surface area contributed by atoms with E-state index in [-0.39, 0.29) is 23.3 Å². The summed E-state index contributed by atoms with van der Waals surface area (Å²) in [5.41, 5.74) is 0. The number of nitrogens with zero attached hydrogens (tertiary/aromatic N) is 1. The van der Waals surface area contributed by atoms with E-state index in [2.05, 4.69) is 0 Å². The molecule has 1 fully saturated rings. The molecule has 1 aromatic carbocycles. The number of likely N-dealkylation sites (tertiary alicyclic amines) is 1. The third-order valence-corrected chi connectivity index (χ3v) is 5.47. The lowest BCUT2D eigenvalue weighted by Crippen LogP contribution is -2.30. The molecule has 0 spiro atoms. The molecular formula is C17H23NO6S. The van der Waals surface area contributed by atoms with Gasteiger partial charge in [-0.15, -0.1) is 0 Å². The summed E-state index contributed by atoms with van der Waals surface area (Å²) in [7, 11) is -3.23. The standard InChI is InChI=1S/C17H23NO6S/c1-12-10-18(11-15(12)17(20)21)16(19)4-3-9-24-13-5-7-14(8-6-13)25(2,22)23/h5-8,12,15H,3-4,9-11H2,1-2H3,(H,20,21)/t12-,15-/m1/s1. The first kappa shape index (κ1) is 19.2. The summed E-state index contributed by atoms with van der Waals surface area (Å²) in [6.07, 6.45) is 1.94.